The molecule has 0 aliphatic heterocycles. The monoisotopic (exact) mass is 307 g/mol. The number of rotatable bonds is 5. The Balaban J connectivity index is 2.05. The maximum absolute atomic E-state index is 12.2. The lowest BCUT2D eigenvalue weighted by atomic mass is 10.1. The van der Waals surface area contributed by atoms with Gasteiger partial charge >= 0.3 is 0 Å². The summed E-state index contributed by atoms with van der Waals surface area (Å²) in [4.78, 5) is 17.8. The second-order valence-corrected chi connectivity index (χ2v) is 6.29. The van der Waals surface area contributed by atoms with E-state index in [1.165, 1.54) is 0 Å². The third-order valence-electron chi connectivity index (χ3n) is 3.42. The van der Waals surface area contributed by atoms with Crippen LogP contribution >= 0.6 is 11.3 Å². The van der Waals surface area contributed by atoms with Crippen LogP contribution in [0.5, 0.6) is 0 Å². The average Bonchev–Trinajstić information content (AvgIpc) is 2.98. The first kappa shape index (κ1) is 15.7. The summed E-state index contributed by atoms with van der Waals surface area (Å²) in [5, 5.41) is 10.8. The summed E-state index contributed by atoms with van der Waals surface area (Å²) in [5.41, 5.74) is 9.44. The molecule has 1 amide bonds. The Hall–Kier alpha value is -1.73. The zero-order chi connectivity index (χ0) is 15.6. The van der Waals surface area contributed by atoms with E-state index in [-0.39, 0.29) is 5.91 Å². The average molecular weight is 307 g/mol. The van der Waals surface area contributed by atoms with Crippen LogP contribution in [0.3, 0.4) is 0 Å². The van der Waals surface area contributed by atoms with E-state index >= 15 is 0 Å². The fourth-order valence-corrected chi connectivity index (χ4v) is 3.32. The molecule has 0 aliphatic rings. The predicted octanol–water partition coefficient (Wildman–Crippen LogP) is 1.67. The fraction of sp³-hybridized carbons (Fsp3) is 0.500. The molecule has 1 unspecified atom stereocenters. The fourth-order valence-electron chi connectivity index (χ4n) is 2.35. The maximum Gasteiger partial charge on any atom is 0.241 e. The van der Waals surface area contributed by atoms with E-state index in [2.05, 4.69) is 27.4 Å². The van der Waals surface area contributed by atoms with E-state index < -0.39 is 6.04 Å². The van der Waals surface area contributed by atoms with Crippen LogP contribution in [-0.4, -0.2) is 21.1 Å². The number of amides is 1. The van der Waals surface area contributed by atoms with E-state index in [4.69, 9.17) is 5.73 Å². The molecule has 2 aromatic heterocycles. The summed E-state index contributed by atoms with van der Waals surface area (Å²) < 4.78 is 0. The highest BCUT2D eigenvalue weighted by Gasteiger charge is 2.22. The van der Waals surface area contributed by atoms with Crippen LogP contribution in [-0.2, 0) is 17.8 Å². The third kappa shape index (κ3) is 3.30. The van der Waals surface area contributed by atoms with Gasteiger partial charge in [-0.15, -0.1) is 11.3 Å². The number of hydrogen-bond acceptors (Lipinski definition) is 5. The number of carbonyl (C=O) groups is 1. The molecule has 2 heterocycles. The van der Waals surface area contributed by atoms with Crippen molar-refractivity contribution in [2.75, 3.05) is 0 Å². The van der Waals surface area contributed by atoms with Gasteiger partial charge in [-0.25, -0.2) is 4.98 Å². The van der Waals surface area contributed by atoms with Crippen molar-refractivity contribution in [3.8, 4) is 0 Å². The molecule has 6 nitrogen and oxygen atoms in total. The van der Waals surface area contributed by atoms with E-state index in [1.54, 1.807) is 11.3 Å². The van der Waals surface area contributed by atoms with Crippen LogP contribution in [0.25, 0.3) is 0 Å². The number of nitrogens with one attached hydrogen (secondary N) is 2. The van der Waals surface area contributed by atoms with Gasteiger partial charge in [0.2, 0.25) is 5.91 Å². The lowest BCUT2D eigenvalue weighted by Crippen LogP contribution is -2.34. The van der Waals surface area contributed by atoms with Gasteiger partial charge in [-0.2, -0.15) is 5.10 Å². The van der Waals surface area contributed by atoms with Gasteiger partial charge < -0.3 is 11.1 Å². The van der Waals surface area contributed by atoms with Crippen LogP contribution in [0, 0.1) is 20.8 Å². The van der Waals surface area contributed by atoms with Gasteiger partial charge in [0.15, 0.2) is 0 Å². The lowest BCUT2D eigenvalue weighted by Gasteiger charge is -2.12. The zero-order valence-corrected chi connectivity index (χ0v) is 13.6. The molecule has 0 saturated carbocycles. The molecule has 4 N–H and O–H groups in total. The first-order valence-corrected chi connectivity index (χ1v) is 7.75. The largest absolute Gasteiger partial charge is 0.349 e. The predicted molar refractivity (Wildman–Crippen MR) is 83.1 cm³/mol. The molecule has 7 heteroatoms. The van der Waals surface area contributed by atoms with Crippen molar-refractivity contribution in [3.05, 3.63) is 32.5 Å². The van der Waals surface area contributed by atoms with Crippen LogP contribution in [0.4, 0.5) is 0 Å². The first-order valence-electron chi connectivity index (χ1n) is 6.94. The Morgan fingerprint density at radius 1 is 1.43 bits per heavy atom. The molecule has 0 aromatic carbocycles. The molecule has 0 fully saturated rings. The van der Waals surface area contributed by atoms with Crippen molar-refractivity contribution >= 4 is 17.2 Å². The van der Waals surface area contributed by atoms with Gasteiger partial charge in [0.1, 0.15) is 6.04 Å². The van der Waals surface area contributed by atoms with Crippen LogP contribution in [0.15, 0.2) is 0 Å². The van der Waals surface area contributed by atoms with Crippen molar-refractivity contribution in [2.24, 2.45) is 5.73 Å². The highest BCUT2D eigenvalue weighted by Crippen LogP contribution is 2.20. The van der Waals surface area contributed by atoms with E-state index in [0.717, 1.165) is 39.0 Å². The van der Waals surface area contributed by atoms with Crippen molar-refractivity contribution in [1.82, 2.24) is 20.5 Å². The lowest BCUT2D eigenvalue weighted by molar-refractivity contribution is -0.122. The summed E-state index contributed by atoms with van der Waals surface area (Å²) in [6, 6.07) is -0.706. The van der Waals surface area contributed by atoms with E-state index in [1.807, 2.05) is 20.8 Å². The highest BCUT2D eigenvalue weighted by molar-refractivity contribution is 7.11. The molecular formula is C14H21N5OS. The van der Waals surface area contributed by atoms with E-state index in [0.29, 0.717) is 6.54 Å². The molecule has 2 aromatic rings. The topological polar surface area (TPSA) is 96.7 Å². The molecule has 0 radical (unpaired) electrons. The third-order valence-corrected chi connectivity index (χ3v) is 4.43. The standard InChI is InChI=1S/C14H21N5OS/c1-5-10-11(21-9(4)17-10)6-16-14(20)13(15)12-7(2)18-19-8(12)3/h13H,5-6,15H2,1-4H3,(H,16,20)(H,18,19). The van der Waals surface area contributed by atoms with E-state index in [9.17, 15) is 4.79 Å². The smallest absolute Gasteiger partial charge is 0.241 e. The number of H-pyrrole nitrogens is 1. The molecule has 0 bridgehead atoms. The first-order chi connectivity index (χ1) is 9.93. The summed E-state index contributed by atoms with van der Waals surface area (Å²) >= 11 is 1.61. The van der Waals surface area contributed by atoms with Crippen LogP contribution < -0.4 is 11.1 Å². The van der Waals surface area contributed by atoms with Crippen molar-refractivity contribution in [1.29, 1.82) is 0 Å². The Kier molecular flexibility index (Phi) is 4.74. The van der Waals surface area contributed by atoms with Crippen LogP contribution in [0.2, 0.25) is 0 Å². The Labute approximate surface area is 128 Å². The second-order valence-electron chi connectivity index (χ2n) is 5.00. The summed E-state index contributed by atoms with van der Waals surface area (Å²) in [5.74, 6) is -0.198. The molecule has 114 valence electrons. The SMILES string of the molecule is CCc1nc(C)sc1CNC(=O)C(N)c1c(C)n[nH]c1C. The minimum absolute atomic E-state index is 0.198. The molecule has 0 aliphatic carbocycles. The minimum atomic E-state index is -0.706. The Morgan fingerprint density at radius 2 is 2.14 bits per heavy atom. The molecule has 21 heavy (non-hydrogen) atoms. The molecule has 1 atom stereocenters. The summed E-state index contributed by atoms with van der Waals surface area (Å²) in [7, 11) is 0. The van der Waals surface area contributed by atoms with Crippen molar-refractivity contribution < 1.29 is 4.79 Å². The summed E-state index contributed by atoms with van der Waals surface area (Å²) in [6.45, 7) is 8.21. The van der Waals surface area contributed by atoms with Gasteiger partial charge in [-0.1, -0.05) is 6.92 Å². The number of aromatic amines is 1. The number of nitrogens with zero attached hydrogens (tertiary/aromatic N) is 2. The van der Waals surface area contributed by atoms with Gasteiger partial charge in [-0.05, 0) is 27.2 Å². The van der Waals surface area contributed by atoms with Gasteiger partial charge in [-0.3, -0.25) is 9.89 Å². The normalized spacial score (nSPS) is 12.4. The van der Waals surface area contributed by atoms with Crippen molar-refractivity contribution in [2.45, 2.75) is 46.7 Å². The number of carbonyl (C=O) groups excluding carboxylic acids is 1. The highest BCUT2D eigenvalue weighted by atomic mass is 32.1. The Morgan fingerprint density at radius 3 is 2.71 bits per heavy atom. The maximum atomic E-state index is 12.2. The van der Waals surface area contributed by atoms with Gasteiger partial charge in [0.05, 0.1) is 22.9 Å². The van der Waals surface area contributed by atoms with Gasteiger partial charge in [0.25, 0.3) is 0 Å². The van der Waals surface area contributed by atoms with Gasteiger partial charge in [0, 0.05) is 16.1 Å². The quantitative estimate of drug-likeness (QED) is 0.783. The van der Waals surface area contributed by atoms with Crippen LogP contribution in [0.1, 0.15) is 45.5 Å². The summed E-state index contributed by atoms with van der Waals surface area (Å²) in [6.07, 6.45) is 0.863. The molecule has 2 rings (SSSR count). The number of hydrogen-bond donors (Lipinski definition) is 3. The Bertz CT molecular complexity index is 626. The minimum Gasteiger partial charge on any atom is -0.349 e. The number of nitrogens with two attached hydrogens (primary N) is 1. The molecule has 0 spiro atoms. The molecular weight excluding hydrogens is 286 g/mol. The number of aromatic nitrogens is 3. The number of aryl methyl sites for hydroxylation is 4. The zero-order valence-electron chi connectivity index (χ0n) is 12.8. The number of thiazole rings is 1. The second kappa shape index (κ2) is 6.36. The molecule has 0 saturated heterocycles. The van der Waals surface area contributed by atoms with Crippen molar-refractivity contribution in [3.63, 3.8) is 0 Å².